The average Bonchev–Trinajstić information content (AvgIpc) is 3.07. The van der Waals surface area contributed by atoms with Crippen LogP contribution in [0.1, 0.15) is 34.7 Å². The second kappa shape index (κ2) is 7.76. The number of amides is 1. The molecule has 0 saturated carbocycles. The van der Waals surface area contributed by atoms with Crippen LogP contribution >= 0.6 is 0 Å². The zero-order valence-corrected chi connectivity index (χ0v) is 14.2. The molecule has 1 fully saturated rings. The van der Waals surface area contributed by atoms with E-state index in [9.17, 15) is 14.3 Å². The molecule has 134 valence electrons. The molecule has 1 N–H and O–H groups in total. The van der Waals surface area contributed by atoms with Crippen molar-refractivity contribution in [1.29, 1.82) is 0 Å². The fourth-order valence-electron chi connectivity index (χ4n) is 2.92. The van der Waals surface area contributed by atoms with E-state index in [1.165, 1.54) is 17.0 Å². The first-order valence-corrected chi connectivity index (χ1v) is 8.37. The van der Waals surface area contributed by atoms with Crippen LogP contribution in [0.4, 0.5) is 4.39 Å². The molecular formula is C18H22FN3O3. The molecule has 1 aliphatic rings. The highest BCUT2D eigenvalue weighted by Crippen LogP contribution is 2.15. The molecule has 0 atom stereocenters. The minimum atomic E-state index is -0.302. The predicted octanol–water partition coefficient (Wildman–Crippen LogP) is 2.04. The Morgan fingerprint density at radius 3 is 2.72 bits per heavy atom. The van der Waals surface area contributed by atoms with Gasteiger partial charge in [0.15, 0.2) is 11.5 Å². The number of nitrogens with zero attached hydrogens (tertiary/aromatic N) is 3. The largest absolute Gasteiger partial charge is 0.393 e. The molecule has 6 nitrogen and oxygen atoms in total. The second-order valence-electron chi connectivity index (χ2n) is 6.47. The predicted molar refractivity (Wildman–Crippen MR) is 89.2 cm³/mol. The monoisotopic (exact) mass is 347 g/mol. The maximum Gasteiger partial charge on any atom is 0.276 e. The van der Waals surface area contributed by atoms with E-state index < -0.39 is 0 Å². The fraction of sp³-hybridized carbons (Fsp3) is 0.444. The molecule has 7 heteroatoms. The third kappa shape index (κ3) is 4.64. The van der Waals surface area contributed by atoms with E-state index in [0.29, 0.717) is 18.8 Å². The number of aliphatic hydroxyl groups excluding tert-OH is 1. The zero-order chi connectivity index (χ0) is 17.8. The van der Waals surface area contributed by atoms with E-state index in [-0.39, 0.29) is 23.5 Å². The van der Waals surface area contributed by atoms with Crippen LogP contribution < -0.4 is 0 Å². The molecule has 2 heterocycles. The quantitative estimate of drug-likeness (QED) is 0.896. The normalized spacial score (nSPS) is 16.1. The summed E-state index contributed by atoms with van der Waals surface area (Å²) in [5.41, 5.74) is 1.10. The summed E-state index contributed by atoms with van der Waals surface area (Å²) in [6.45, 7) is 2.55. The van der Waals surface area contributed by atoms with Gasteiger partial charge in [0.25, 0.3) is 5.91 Å². The summed E-state index contributed by atoms with van der Waals surface area (Å²) >= 11 is 0. The molecule has 1 aliphatic heterocycles. The summed E-state index contributed by atoms with van der Waals surface area (Å²) in [7, 11) is 1.67. The second-order valence-corrected chi connectivity index (χ2v) is 6.47. The van der Waals surface area contributed by atoms with Gasteiger partial charge in [-0.05, 0) is 30.5 Å². The molecule has 1 amide bonds. The van der Waals surface area contributed by atoms with Crippen molar-refractivity contribution in [3.8, 4) is 0 Å². The number of halogens is 1. The molecule has 1 aromatic heterocycles. The van der Waals surface area contributed by atoms with Gasteiger partial charge in [0.1, 0.15) is 5.82 Å². The van der Waals surface area contributed by atoms with Crippen molar-refractivity contribution in [3.05, 3.63) is 53.2 Å². The summed E-state index contributed by atoms with van der Waals surface area (Å²) in [6.07, 6.45) is 1.28. The Labute approximate surface area is 145 Å². The maximum atomic E-state index is 12.9. The van der Waals surface area contributed by atoms with Gasteiger partial charge in [-0.1, -0.05) is 17.3 Å². The van der Waals surface area contributed by atoms with Crippen LogP contribution in [0.15, 0.2) is 34.9 Å². The van der Waals surface area contributed by atoms with Gasteiger partial charge in [-0.25, -0.2) is 4.39 Å². The first-order valence-electron chi connectivity index (χ1n) is 8.37. The number of hydrogen-bond acceptors (Lipinski definition) is 5. The van der Waals surface area contributed by atoms with Gasteiger partial charge in [-0.3, -0.25) is 9.69 Å². The Balaban J connectivity index is 1.57. The van der Waals surface area contributed by atoms with E-state index in [1.54, 1.807) is 25.2 Å². The van der Waals surface area contributed by atoms with Gasteiger partial charge in [-0.2, -0.15) is 0 Å². The zero-order valence-electron chi connectivity index (χ0n) is 14.2. The number of likely N-dealkylation sites (tertiary alicyclic amines) is 1. The van der Waals surface area contributed by atoms with E-state index >= 15 is 0 Å². The van der Waals surface area contributed by atoms with Crippen LogP contribution in [0.3, 0.4) is 0 Å². The Hall–Kier alpha value is -2.25. The van der Waals surface area contributed by atoms with Crippen molar-refractivity contribution in [3.63, 3.8) is 0 Å². The van der Waals surface area contributed by atoms with Crippen LogP contribution in [0.2, 0.25) is 0 Å². The molecule has 3 rings (SSSR count). The van der Waals surface area contributed by atoms with Crippen molar-refractivity contribution < 1.29 is 18.8 Å². The van der Waals surface area contributed by atoms with E-state index in [1.807, 2.05) is 0 Å². The van der Waals surface area contributed by atoms with Crippen molar-refractivity contribution in [2.45, 2.75) is 32.0 Å². The van der Waals surface area contributed by atoms with Crippen molar-refractivity contribution in [2.24, 2.45) is 0 Å². The minimum Gasteiger partial charge on any atom is -0.393 e. The summed E-state index contributed by atoms with van der Waals surface area (Å²) in [5, 5.41) is 13.4. The van der Waals surface area contributed by atoms with E-state index in [2.05, 4.69) is 10.1 Å². The highest BCUT2D eigenvalue weighted by Gasteiger charge is 2.21. The molecule has 0 radical (unpaired) electrons. The van der Waals surface area contributed by atoms with Crippen LogP contribution in [0.5, 0.6) is 0 Å². The van der Waals surface area contributed by atoms with Crippen LogP contribution in [-0.4, -0.2) is 52.2 Å². The number of aromatic nitrogens is 1. The van der Waals surface area contributed by atoms with Gasteiger partial charge < -0.3 is 14.5 Å². The molecule has 0 bridgehead atoms. The Morgan fingerprint density at radius 2 is 2.04 bits per heavy atom. The fourth-order valence-corrected chi connectivity index (χ4v) is 2.92. The smallest absolute Gasteiger partial charge is 0.276 e. The Kier molecular flexibility index (Phi) is 5.45. The molecule has 1 saturated heterocycles. The Bertz CT molecular complexity index is 709. The first-order chi connectivity index (χ1) is 12.0. The average molecular weight is 347 g/mol. The Morgan fingerprint density at radius 1 is 1.36 bits per heavy atom. The van der Waals surface area contributed by atoms with E-state index in [0.717, 1.165) is 31.5 Å². The van der Waals surface area contributed by atoms with Gasteiger partial charge in [0.2, 0.25) is 0 Å². The molecule has 2 aromatic rings. The third-order valence-electron chi connectivity index (χ3n) is 4.39. The molecule has 1 aromatic carbocycles. The molecule has 25 heavy (non-hydrogen) atoms. The van der Waals surface area contributed by atoms with Gasteiger partial charge in [-0.15, -0.1) is 0 Å². The SMILES string of the molecule is CN(Cc1ccc(F)cc1)C(=O)c1cc(CN2CCC(O)CC2)on1. The third-order valence-corrected chi connectivity index (χ3v) is 4.39. The van der Waals surface area contributed by atoms with Gasteiger partial charge >= 0.3 is 0 Å². The van der Waals surface area contributed by atoms with Crippen LogP contribution in [0, 0.1) is 5.82 Å². The lowest BCUT2D eigenvalue weighted by Gasteiger charge is -2.28. The number of hydrogen-bond donors (Lipinski definition) is 1. The lowest BCUT2D eigenvalue weighted by Crippen LogP contribution is -2.35. The van der Waals surface area contributed by atoms with Crippen LogP contribution in [0.25, 0.3) is 0 Å². The topological polar surface area (TPSA) is 69.8 Å². The highest BCUT2D eigenvalue weighted by atomic mass is 19.1. The number of rotatable bonds is 5. The van der Waals surface area contributed by atoms with Crippen molar-refractivity contribution >= 4 is 5.91 Å². The first kappa shape index (κ1) is 17.6. The summed E-state index contributed by atoms with van der Waals surface area (Å²) in [5.74, 6) is 0.0902. The van der Waals surface area contributed by atoms with Gasteiger partial charge in [0, 0.05) is 32.7 Å². The number of carbonyl (C=O) groups excluding carboxylic acids is 1. The molecule has 0 unspecified atom stereocenters. The number of benzene rings is 1. The van der Waals surface area contributed by atoms with Gasteiger partial charge in [0.05, 0.1) is 12.6 Å². The molecular weight excluding hydrogens is 325 g/mol. The van der Waals surface area contributed by atoms with Crippen LogP contribution in [-0.2, 0) is 13.1 Å². The number of piperidine rings is 1. The lowest BCUT2D eigenvalue weighted by molar-refractivity contribution is 0.0743. The minimum absolute atomic E-state index is 0.219. The van der Waals surface area contributed by atoms with E-state index in [4.69, 9.17) is 4.52 Å². The summed E-state index contributed by atoms with van der Waals surface area (Å²) in [4.78, 5) is 16.1. The summed E-state index contributed by atoms with van der Waals surface area (Å²) in [6, 6.07) is 7.71. The number of carbonyl (C=O) groups is 1. The lowest BCUT2D eigenvalue weighted by atomic mass is 10.1. The highest BCUT2D eigenvalue weighted by molar-refractivity contribution is 5.92. The van der Waals surface area contributed by atoms with Crippen molar-refractivity contribution in [2.75, 3.05) is 20.1 Å². The maximum absolute atomic E-state index is 12.9. The number of aliphatic hydroxyl groups is 1. The molecule has 0 aliphatic carbocycles. The molecule has 0 spiro atoms. The standard InChI is InChI=1S/C18H22FN3O3/c1-21(11-13-2-4-14(19)5-3-13)18(24)17-10-16(25-20-17)12-22-8-6-15(23)7-9-22/h2-5,10,15,23H,6-9,11-12H2,1H3. The van der Waals surface area contributed by atoms with Crippen molar-refractivity contribution in [1.82, 2.24) is 15.0 Å². The summed E-state index contributed by atoms with van der Waals surface area (Å²) < 4.78 is 18.2.